The molecule has 0 radical (unpaired) electrons. The highest BCUT2D eigenvalue weighted by atomic mass is 16.3. The zero-order valence-electron chi connectivity index (χ0n) is 16.6. The number of aromatic nitrogens is 2. The van der Waals surface area contributed by atoms with E-state index in [1.165, 1.54) is 19.3 Å². The van der Waals surface area contributed by atoms with E-state index >= 15 is 0 Å². The zero-order chi connectivity index (χ0) is 20.1. The second-order valence-corrected chi connectivity index (χ2v) is 7.89. The van der Waals surface area contributed by atoms with E-state index in [1.807, 2.05) is 18.2 Å². The van der Waals surface area contributed by atoms with Crippen molar-refractivity contribution in [1.82, 2.24) is 9.97 Å². The number of hydrogen-bond donors (Lipinski definition) is 2. The molecular formula is C24H27N3O2. The van der Waals surface area contributed by atoms with Crippen molar-refractivity contribution in [2.24, 2.45) is 5.92 Å². The number of phenols is 1. The van der Waals surface area contributed by atoms with E-state index in [1.54, 1.807) is 18.3 Å². The van der Waals surface area contributed by atoms with Gasteiger partial charge < -0.3 is 10.4 Å². The molecule has 4 rings (SSSR count). The minimum absolute atomic E-state index is 0.0187. The molecule has 1 fully saturated rings. The highest BCUT2D eigenvalue weighted by molar-refractivity contribution is 5.93. The molecule has 1 amide bonds. The third-order valence-electron chi connectivity index (χ3n) is 5.66. The highest BCUT2D eigenvalue weighted by Crippen LogP contribution is 2.30. The first kappa shape index (κ1) is 19.4. The van der Waals surface area contributed by atoms with Crippen molar-refractivity contribution in [3.05, 3.63) is 54.4 Å². The number of nitrogens with one attached hydrogen (secondary N) is 1. The Labute approximate surface area is 171 Å². The molecule has 1 aromatic carbocycles. The average Bonchev–Trinajstić information content (AvgIpc) is 2.76. The second-order valence-electron chi connectivity index (χ2n) is 7.89. The molecule has 0 bridgehead atoms. The van der Waals surface area contributed by atoms with E-state index in [4.69, 9.17) is 4.98 Å². The monoisotopic (exact) mass is 389 g/mol. The van der Waals surface area contributed by atoms with Crippen molar-refractivity contribution < 1.29 is 9.90 Å². The summed E-state index contributed by atoms with van der Waals surface area (Å²) < 4.78 is 0. The molecule has 29 heavy (non-hydrogen) atoms. The van der Waals surface area contributed by atoms with E-state index in [0.29, 0.717) is 29.5 Å². The molecule has 5 heteroatoms. The molecule has 2 aliphatic rings. The van der Waals surface area contributed by atoms with Crippen LogP contribution >= 0.6 is 0 Å². The second kappa shape index (κ2) is 9.03. The van der Waals surface area contributed by atoms with Crippen molar-refractivity contribution >= 4 is 17.3 Å². The topological polar surface area (TPSA) is 75.1 Å². The van der Waals surface area contributed by atoms with Crippen LogP contribution in [0.3, 0.4) is 0 Å². The molecule has 5 nitrogen and oxygen atoms in total. The molecule has 1 aromatic heterocycles. The van der Waals surface area contributed by atoms with Crippen LogP contribution < -0.4 is 5.32 Å². The Balaban J connectivity index is 1.60. The zero-order valence-corrected chi connectivity index (χ0v) is 16.6. The molecule has 1 heterocycles. The van der Waals surface area contributed by atoms with Crippen molar-refractivity contribution in [1.29, 1.82) is 0 Å². The third-order valence-corrected chi connectivity index (χ3v) is 5.66. The van der Waals surface area contributed by atoms with Gasteiger partial charge in [0.2, 0.25) is 5.91 Å². The van der Waals surface area contributed by atoms with Crippen LogP contribution in [0.2, 0.25) is 0 Å². The first-order chi connectivity index (χ1) is 14.2. The van der Waals surface area contributed by atoms with Crippen molar-refractivity contribution in [2.75, 3.05) is 5.32 Å². The van der Waals surface area contributed by atoms with Gasteiger partial charge in [-0.25, -0.2) is 9.97 Å². The summed E-state index contributed by atoms with van der Waals surface area (Å²) in [5.41, 5.74) is 3.27. The number of nitrogens with zero attached hydrogens (tertiary/aromatic N) is 2. The lowest BCUT2D eigenvalue weighted by molar-refractivity contribution is -0.117. The Hall–Kier alpha value is -2.95. The van der Waals surface area contributed by atoms with E-state index in [2.05, 4.69) is 22.5 Å². The molecule has 1 saturated carbocycles. The maximum atomic E-state index is 12.7. The van der Waals surface area contributed by atoms with Crippen LogP contribution in [-0.4, -0.2) is 21.0 Å². The fourth-order valence-corrected chi connectivity index (χ4v) is 4.08. The molecular weight excluding hydrogens is 362 g/mol. The standard InChI is InChI=1S/C24H27N3O2/c28-20-13-11-18(12-14-20)21-16-25-24(23(26-21)19-9-5-2-6-10-19)27-22(29)15-17-7-3-1-4-8-17/h5,9-14,16-17,28H,1-4,6-8,15H2,(H,25,27,29). The van der Waals surface area contributed by atoms with Gasteiger partial charge in [0.1, 0.15) is 11.4 Å². The number of carbonyl (C=O) groups excluding carboxylic acids is 1. The van der Waals surface area contributed by atoms with Gasteiger partial charge in [-0.3, -0.25) is 4.79 Å². The number of hydrogen-bond acceptors (Lipinski definition) is 4. The molecule has 0 aliphatic heterocycles. The number of phenolic OH excluding ortho intramolecular Hbond substituents is 1. The summed E-state index contributed by atoms with van der Waals surface area (Å²) in [6, 6.07) is 6.90. The maximum Gasteiger partial charge on any atom is 0.225 e. The van der Waals surface area contributed by atoms with Crippen molar-refractivity contribution in [2.45, 2.75) is 51.4 Å². The van der Waals surface area contributed by atoms with Gasteiger partial charge in [0.25, 0.3) is 0 Å². The molecule has 2 aromatic rings. The number of benzene rings is 1. The number of allylic oxidation sites excluding steroid dienone is 4. The van der Waals surface area contributed by atoms with E-state index in [9.17, 15) is 9.90 Å². The van der Waals surface area contributed by atoms with Crippen LogP contribution in [0.4, 0.5) is 5.82 Å². The van der Waals surface area contributed by atoms with E-state index in [0.717, 1.165) is 36.8 Å². The van der Waals surface area contributed by atoms with Gasteiger partial charge in [-0.2, -0.15) is 0 Å². The van der Waals surface area contributed by atoms with Gasteiger partial charge in [-0.05, 0) is 61.4 Å². The lowest BCUT2D eigenvalue weighted by Crippen LogP contribution is -2.20. The minimum atomic E-state index is 0.0187. The Morgan fingerprint density at radius 1 is 1.10 bits per heavy atom. The Kier molecular flexibility index (Phi) is 6.03. The summed E-state index contributed by atoms with van der Waals surface area (Å²) in [5, 5.41) is 12.6. The fourth-order valence-electron chi connectivity index (χ4n) is 4.08. The number of rotatable bonds is 5. The smallest absolute Gasteiger partial charge is 0.225 e. The minimum Gasteiger partial charge on any atom is -0.508 e. The van der Waals surface area contributed by atoms with Gasteiger partial charge in [-0.15, -0.1) is 0 Å². The summed E-state index contributed by atoms with van der Waals surface area (Å²) in [6.07, 6.45) is 16.5. The van der Waals surface area contributed by atoms with Crippen LogP contribution in [0.1, 0.15) is 57.1 Å². The fraction of sp³-hybridized carbons (Fsp3) is 0.375. The Morgan fingerprint density at radius 3 is 2.62 bits per heavy atom. The lowest BCUT2D eigenvalue weighted by Gasteiger charge is -2.21. The highest BCUT2D eigenvalue weighted by Gasteiger charge is 2.20. The summed E-state index contributed by atoms with van der Waals surface area (Å²) in [6.45, 7) is 0. The summed E-state index contributed by atoms with van der Waals surface area (Å²) >= 11 is 0. The van der Waals surface area contributed by atoms with Gasteiger partial charge in [-0.1, -0.05) is 37.5 Å². The van der Waals surface area contributed by atoms with Gasteiger partial charge in [0, 0.05) is 12.0 Å². The van der Waals surface area contributed by atoms with Crippen molar-refractivity contribution in [3.63, 3.8) is 0 Å². The quantitative estimate of drug-likeness (QED) is 0.709. The van der Waals surface area contributed by atoms with Crippen LogP contribution in [-0.2, 0) is 4.79 Å². The van der Waals surface area contributed by atoms with Gasteiger partial charge in [0.05, 0.1) is 11.9 Å². The van der Waals surface area contributed by atoms with Gasteiger partial charge >= 0.3 is 0 Å². The third kappa shape index (κ3) is 4.91. The SMILES string of the molecule is O=C(CC1CCCCC1)Nc1ncc(-c2ccc(O)cc2)nc1C1=CCCC=C1. The predicted molar refractivity (Wildman–Crippen MR) is 115 cm³/mol. The first-order valence-corrected chi connectivity index (χ1v) is 10.5. The molecule has 150 valence electrons. The molecule has 2 N–H and O–H groups in total. The summed E-state index contributed by atoms with van der Waals surface area (Å²) in [7, 11) is 0. The summed E-state index contributed by atoms with van der Waals surface area (Å²) in [4.78, 5) is 22.0. The Morgan fingerprint density at radius 2 is 1.90 bits per heavy atom. The van der Waals surface area contributed by atoms with Crippen molar-refractivity contribution in [3.8, 4) is 17.0 Å². The predicted octanol–water partition coefficient (Wildman–Crippen LogP) is 5.49. The van der Waals surface area contributed by atoms with Crippen LogP contribution in [0, 0.1) is 5.92 Å². The lowest BCUT2D eigenvalue weighted by atomic mass is 9.87. The maximum absolute atomic E-state index is 12.7. The van der Waals surface area contributed by atoms with Crippen LogP contribution in [0.15, 0.2) is 48.7 Å². The molecule has 0 atom stereocenters. The molecule has 0 unspecified atom stereocenters. The van der Waals surface area contributed by atoms with Crippen LogP contribution in [0.25, 0.3) is 16.8 Å². The van der Waals surface area contributed by atoms with Gasteiger partial charge in [0.15, 0.2) is 5.82 Å². The Bertz CT molecular complexity index is 926. The van der Waals surface area contributed by atoms with E-state index < -0.39 is 0 Å². The number of anilines is 1. The number of aromatic hydroxyl groups is 1. The largest absolute Gasteiger partial charge is 0.508 e. The summed E-state index contributed by atoms with van der Waals surface area (Å²) in [5.74, 6) is 1.23. The first-order valence-electron chi connectivity index (χ1n) is 10.5. The van der Waals surface area contributed by atoms with Crippen LogP contribution in [0.5, 0.6) is 5.75 Å². The molecule has 0 saturated heterocycles. The number of carbonyl (C=O) groups is 1. The molecule has 2 aliphatic carbocycles. The van der Waals surface area contributed by atoms with E-state index in [-0.39, 0.29) is 11.7 Å². The average molecular weight is 389 g/mol. The number of amides is 1. The normalized spacial score (nSPS) is 17.0. The molecule has 0 spiro atoms.